The molecule has 1 aliphatic rings. The molecule has 2 atom stereocenters. The number of rotatable bonds is 3. The van der Waals surface area contributed by atoms with Crippen molar-refractivity contribution in [3.05, 3.63) is 35.9 Å². The van der Waals surface area contributed by atoms with Crippen molar-refractivity contribution >= 4 is 0 Å². The molecule has 0 saturated carbocycles. The van der Waals surface area contributed by atoms with Gasteiger partial charge in [-0.3, -0.25) is 0 Å². The largest absolute Gasteiger partial charge is 0.369 e. The quantitative estimate of drug-likeness (QED) is 0.667. The van der Waals surface area contributed by atoms with E-state index in [0.29, 0.717) is 12.2 Å². The van der Waals surface area contributed by atoms with Crippen molar-refractivity contribution in [1.29, 1.82) is 0 Å². The maximum atomic E-state index is 5.55. The average molecular weight is 190 g/mol. The van der Waals surface area contributed by atoms with Crippen LogP contribution in [0.4, 0.5) is 0 Å². The van der Waals surface area contributed by atoms with E-state index >= 15 is 0 Å². The summed E-state index contributed by atoms with van der Waals surface area (Å²) in [5.41, 5.74) is 1.67. The molecule has 1 aromatic carbocycles. The van der Waals surface area contributed by atoms with Gasteiger partial charge in [-0.25, -0.2) is 0 Å². The second-order valence-corrected chi connectivity index (χ2v) is 4.91. The van der Waals surface area contributed by atoms with Crippen molar-refractivity contribution in [3.63, 3.8) is 0 Å². The lowest BCUT2D eigenvalue weighted by atomic mass is 9.81. The number of hydrogen-bond donors (Lipinski definition) is 0. The van der Waals surface area contributed by atoms with Gasteiger partial charge in [0.1, 0.15) is 0 Å². The Morgan fingerprint density at radius 1 is 1.21 bits per heavy atom. The summed E-state index contributed by atoms with van der Waals surface area (Å²) >= 11 is 0. The molecule has 0 amide bonds. The van der Waals surface area contributed by atoms with Crippen molar-refractivity contribution in [2.45, 2.75) is 39.4 Å². The van der Waals surface area contributed by atoms with Crippen LogP contribution in [-0.2, 0) is 11.2 Å². The smallest absolute Gasteiger partial charge is 0.0892 e. The van der Waals surface area contributed by atoms with Gasteiger partial charge in [0.2, 0.25) is 0 Å². The van der Waals surface area contributed by atoms with Crippen molar-refractivity contribution in [3.8, 4) is 0 Å². The van der Waals surface area contributed by atoms with Crippen LogP contribution >= 0.6 is 0 Å². The zero-order valence-corrected chi connectivity index (χ0v) is 9.16. The molecule has 0 radical (unpaired) electrons. The fourth-order valence-electron chi connectivity index (χ4n) is 2.23. The highest BCUT2D eigenvalue weighted by atomic mass is 16.6. The number of hydrogen-bond acceptors (Lipinski definition) is 1. The fourth-order valence-corrected chi connectivity index (χ4v) is 2.23. The van der Waals surface area contributed by atoms with Crippen LogP contribution in [-0.4, -0.2) is 12.2 Å². The third-order valence-electron chi connectivity index (χ3n) is 2.98. The van der Waals surface area contributed by atoms with Gasteiger partial charge in [0.15, 0.2) is 0 Å². The summed E-state index contributed by atoms with van der Waals surface area (Å²) in [5, 5.41) is 0. The predicted octanol–water partition coefficient (Wildman–Crippen LogP) is 3.04. The van der Waals surface area contributed by atoms with Gasteiger partial charge < -0.3 is 4.74 Å². The molecule has 1 saturated heterocycles. The van der Waals surface area contributed by atoms with E-state index in [-0.39, 0.29) is 5.41 Å². The molecule has 0 spiro atoms. The zero-order chi connectivity index (χ0) is 10.2. The zero-order valence-electron chi connectivity index (χ0n) is 9.16. The summed E-state index contributed by atoms with van der Waals surface area (Å²) in [6.45, 7) is 6.72. The van der Waals surface area contributed by atoms with Gasteiger partial charge in [0, 0.05) is 0 Å². The van der Waals surface area contributed by atoms with E-state index in [9.17, 15) is 0 Å². The van der Waals surface area contributed by atoms with E-state index in [4.69, 9.17) is 4.74 Å². The normalized spacial score (nSPS) is 26.2. The monoisotopic (exact) mass is 190 g/mol. The molecule has 0 unspecified atom stereocenters. The Morgan fingerprint density at radius 2 is 1.79 bits per heavy atom. The molecular formula is C13H18O. The van der Waals surface area contributed by atoms with E-state index in [1.807, 2.05) is 0 Å². The molecular weight excluding hydrogens is 172 g/mol. The van der Waals surface area contributed by atoms with Crippen LogP contribution in [0.25, 0.3) is 0 Å². The first-order valence-electron chi connectivity index (χ1n) is 5.29. The maximum absolute atomic E-state index is 5.55. The Morgan fingerprint density at radius 3 is 2.29 bits per heavy atom. The molecule has 1 aromatic rings. The number of epoxide rings is 1. The molecule has 1 heteroatoms. The Balaban J connectivity index is 2.03. The lowest BCUT2D eigenvalue weighted by Gasteiger charge is -2.22. The third kappa shape index (κ3) is 1.98. The van der Waals surface area contributed by atoms with Crippen LogP contribution in [0.15, 0.2) is 30.3 Å². The molecule has 0 N–H and O–H groups in total. The molecule has 2 rings (SSSR count). The first-order chi connectivity index (χ1) is 6.59. The van der Waals surface area contributed by atoms with Crippen molar-refractivity contribution in [2.75, 3.05) is 0 Å². The Hall–Kier alpha value is -0.820. The summed E-state index contributed by atoms with van der Waals surface area (Å²) in [6.07, 6.45) is 2.00. The van der Waals surface area contributed by atoms with Gasteiger partial charge in [-0.1, -0.05) is 44.2 Å². The van der Waals surface area contributed by atoms with Gasteiger partial charge >= 0.3 is 0 Å². The van der Waals surface area contributed by atoms with Crippen molar-refractivity contribution in [2.24, 2.45) is 5.41 Å². The van der Waals surface area contributed by atoms with Crippen LogP contribution in [0.3, 0.4) is 0 Å². The topological polar surface area (TPSA) is 12.5 Å². The minimum absolute atomic E-state index is 0.265. The summed E-state index contributed by atoms with van der Waals surface area (Å²) in [5.74, 6) is 0. The summed E-state index contributed by atoms with van der Waals surface area (Å²) in [7, 11) is 0. The van der Waals surface area contributed by atoms with Gasteiger partial charge in [0.05, 0.1) is 12.2 Å². The second-order valence-electron chi connectivity index (χ2n) is 4.91. The minimum Gasteiger partial charge on any atom is -0.369 e. The highest BCUT2D eigenvalue weighted by Gasteiger charge is 2.46. The SMILES string of the molecule is C[C@H]1O[C@H]1C(C)(C)Cc1ccccc1. The highest BCUT2D eigenvalue weighted by Crippen LogP contribution is 2.40. The van der Waals surface area contributed by atoms with Gasteiger partial charge in [-0.2, -0.15) is 0 Å². The lowest BCUT2D eigenvalue weighted by molar-refractivity contribution is 0.239. The molecule has 0 bridgehead atoms. The molecule has 1 heterocycles. The number of benzene rings is 1. The maximum Gasteiger partial charge on any atom is 0.0892 e. The molecule has 1 aliphatic heterocycles. The molecule has 1 nitrogen and oxygen atoms in total. The van der Waals surface area contributed by atoms with E-state index in [2.05, 4.69) is 51.1 Å². The van der Waals surface area contributed by atoms with Crippen LogP contribution in [0.1, 0.15) is 26.3 Å². The Bertz CT molecular complexity index is 302. The van der Waals surface area contributed by atoms with Crippen LogP contribution in [0, 0.1) is 5.41 Å². The minimum atomic E-state index is 0.265. The first kappa shape index (κ1) is 9.72. The lowest BCUT2D eigenvalue weighted by Crippen LogP contribution is -2.23. The molecule has 0 aromatic heterocycles. The molecule has 0 aliphatic carbocycles. The summed E-state index contributed by atoms with van der Waals surface area (Å²) in [6, 6.07) is 10.6. The Labute approximate surface area is 86.1 Å². The molecule has 14 heavy (non-hydrogen) atoms. The number of ether oxygens (including phenoxy) is 1. The third-order valence-corrected chi connectivity index (χ3v) is 2.98. The van der Waals surface area contributed by atoms with Gasteiger partial charge in [-0.15, -0.1) is 0 Å². The fraction of sp³-hybridized carbons (Fsp3) is 0.538. The highest BCUT2D eigenvalue weighted by molar-refractivity contribution is 5.17. The second kappa shape index (κ2) is 3.39. The molecule has 76 valence electrons. The van der Waals surface area contributed by atoms with Crippen molar-refractivity contribution in [1.82, 2.24) is 0 Å². The average Bonchev–Trinajstić information content (AvgIpc) is 2.84. The van der Waals surface area contributed by atoms with E-state index in [0.717, 1.165) is 6.42 Å². The van der Waals surface area contributed by atoms with Gasteiger partial charge in [-0.05, 0) is 24.3 Å². The van der Waals surface area contributed by atoms with Crippen LogP contribution in [0.5, 0.6) is 0 Å². The Kier molecular flexibility index (Phi) is 2.36. The molecule has 1 fully saturated rings. The summed E-state index contributed by atoms with van der Waals surface area (Å²) < 4.78 is 5.55. The van der Waals surface area contributed by atoms with E-state index in [1.165, 1.54) is 5.56 Å². The van der Waals surface area contributed by atoms with Crippen molar-refractivity contribution < 1.29 is 4.74 Å². The predicted molar refractivity (Wildman–Crippen MR) is 58.3 cm³/mol. The first-order valence-corrected chi connectivity index (χ1v) is 5.29. The van der Waals surface area contributed by atoms with E-state index < -0.39 is 0 Å². The van der Waals surface area contributed by atoms with E-state index in [1.54, 1.807) is 0 Å². The van der Waals surface area contributed by atoms with Gasteiger partial charge in [0.25, 0.3) is 0 Å². The summed E-state index contributed by atoms with van der Waals surface area (Å²) in [4.78, 5) is 0. The van der Waals surface area contributed by atoms with Crippen LogP contribution < -0.4 is 0 Å². The standard InChI is InChI=1S/C13H18O/c1-10-12(14-10)13(2,3)9-11-7-5-4-6-8-11/h4-8,10,12H,9H2,1-3H3/t10-,12-/m1/s1. The van der Waals surface area contributed by atoms with Crippen LogP contribution in [0.2, 0.25) is 0 Å².